The molecule has 6 aliphatic rings. The maximum absolute atomic E-state index is 13.0. The lowest BCUT2D eigenvalue weighted by Crippen LogP contribution is -2.53. The van der Waals surface area contributed by atoms with Gasteiger partial charge in [-0.25, -0.2) is 4.79 Å². The van der Waals surface area contributed by atoms with Crippen LogP contribution in [0.2, 0.25) is 0 Å². The normalized spacial score (nSPS) is 47.4. The lowest BCUT2D eigenvalue weighted by Gasteiger charge is -2.57. The molecule has 38 heavy (non-hydrogen) atoms. The summed E-state index contributed by atoms with van der Waals surface area (Å²) < 4.78 is 5.91. The topological polar surface area (TPSA) is 66.8 Å². The first-order valence-electron chi connectivity index (χ1n) is 16.1. The van der Waals surface area contributed by atoms with Gasteiger partial charge < -0.3 is 14.7 Å². The third-order valence-electron chi connectivity index (χ3n) is 14.1. The summed E-state index contributed by atoms with van der Waals surface area (Å²) in [6, 6.07) is 0. The minimum absolute atomic E-state index is 0.0420. The molecule has 0 radical (unpaired) electrons. The summed E-state index contributed by atoms with van der Waals surface area (Å²) in [5, 5.41) is 11.5. The van der Waals surface area contributed by atoms with Gasteiger partial charge in [-0.05, 0) is 116 Å². The Labute approximate surface area is 230 Å². The number of aliphatic hydroxyl groups is 1. The zero-order valence-corrected chi connectivity index (χ0v) is 24.9. The molecule has 1 amide bonds. The molecule has 0 aromatic rings. The number of ether oxygens (including phenoxy) is 1. The molecule has 6 fully saturated rings. The quantitative estimate of drug-likeness (QED) is 0.410. The smallest absolute Gasteiger partial charge is 0.410 e. The van der Waals surface area contributed by atoms with E-state index in [2.05, 4.69) is 41.5 Å². The van der Waals surface area contributed by atoms with Crippen LogP contribution < -0.4 is 0 Å². The maximum atomic E-state index is 13.0. The number of likely N-dealkylation sites (tertiary alicyclic amines) is 1. The SMILES string of the molecule is CC(C)[C@H](CCC[C@H]1[C@H](O)CC2[C@@H]3CCC4C(C)(C)C(=O)CCC45[C@@H](C)[C@@]35CC[C@@]21C)OC(=O)N1CCC1. The van der Waals surface area contributed by atoms with Gasteiger partial charge in [0.25, 0.3) is 0 Å². The summed E-state index contributed by atoms with van der Waals surface area (Å²) in [4.78, 5) is 27.2. The molecule has 1 heterocycles. The first kappa shape index (κ1) is 27.1. The van der Waals surface area contributed by atoms with E-state index in [1.807, 2.05) is 4.90 Å². The van der Waals surface area contributed by atoms with Gasteiger partial charge in [0.05, 0.1) is 6.10 Å². The van der Waals surface area contributed by atoms with E-state index in [0.717, 1.165) is 58.0 Å². The highest BCUT2D eigenvalue weighted by atomic mass is 16.6. The number of carbonyl (C=O) groups is 2. The number of Topliss-reactive ketones (excluding diaryl/α,β-unsaturated/α-hetero) is 1. The van der Waals surface area contributed by atoms with Crippen LogP contribution in [0.15, 0.2) is 0 Å². The Morgan fingerprint density at radius 3 is 2.47 bits per heavy atom. The second-order valence-electron chi connectivity index (χ2n) is 15.6. The van der Waals surface area contributed by atoms with Crippen LogP contribution in [-0.2, 0) is 9.53 Å². The van der Waals surface area contributed by atoms with Crippen molar-refractivity contribution in [1.82, 2.24) is 4.90 Å². The molecule has 5 saturated carbocycles. The van der Waals surface area contributed by atoms with E-state index >= 15 is 0 Å². The maximum Gasteiger partial charge on any atom is 0.410 e. The fourth-order valence-corrected chi connectivity index (χ4v) is 11.9. The van der Waals surface area contributed by atoms with Crippen LogP contribution in [0.1, 0.15) is 112 Å². The number of amides is 1. The van der Waals surface area contributed by atoms with E-state index in [9.17, 15) is 14.7 Å². The Morgan fingerprint density at radius 1 is 1.08 bits per heavy atom. The second kappa shape index (κ2) is 8.95. The number of hydrogen-bond donors (Lipinski definition) is 1. The average Bonchev–Trinajstić information content (AvgIpc) is 3.24. The molecule has 214 valence electrons. The molecule has 5 aliphatic carbocycles. The Bertz CT molecular complexity index is 972. The number of rotatable bonds is 6. The average molecular weight is 528 g/mol. The summed E-state index contributed by atoms with van der Waals surface area (Å²) in [5.74, 6) is 3.71. The molecule has 0 bridgehead atoms. The largest absolute Gasteiger partial charge is 0.446 e. The Kier molecular flexibility index (Phi) is 6.38. The molecule has 5 heteroatoms. The lowest BCUT2D eigenvalue weighted by molar-refractivity contribution is -0.145. The van der Waals surface area contributed by atoms with Gasteiger partial charge >= 0.3 is 6.09 Å². The Morgan fingerprint density at radius 2 is 1.82 bits per heavy atom. The van der Waals surface area contributed by atoms with Gasteiger partial charge in [-0.15, -0.1) is 0 Å². The molecule has 0 aromatic heterocycles. The van der Waals surface area contributed by atoms with Crippen molar-refractivity contribution in [2.75, 3.05) is 13.1 Å². The summed E-state index contributed by atoms with van der Waals surface area (Å²) >= 11 is 0. The molecule has 1 N–H and O–H groups in total. The zero-order valence-electron chi connectivity index (χ0n) is 24.9. The molecule has 0 aromatic carbocycles. The standard InChI is InChI=1S/C33H53NO4/c1-20(2)26(38-29(37)34-17-8-18-34)10-7-9-23-25(35)19-24-22-11-12-27-30(4,5)28(36)13-14-33(27)21(3)32(22,33)16-15-31(23,24)6/h20-27,35H,7-19H2,1-6H3/t21-,22-,23-,24?,25+,26-,27?,31+,32-,33?/m0/s1. The van der Waals surface area contributed by atoms with Crippen molar-refractivity contribution in [3.05, 3.63) is 0 Å². The summed E-state index contributed by atoms with van der Waals surface area (Å²) in [7, 11) is 0. The predicted molar refractivity (Wildman–Crippen MR) is 148 cm³/mol. The van der Waals surface area contributed by atoms with E-state index in [1.165, 1.54) is 25.7 Å². The first-order chi connectivity index (χ1) is 17.9. The van der Waals surface area contributed by atoms with Crippen molar-refractivity contribution in [3.8, 4) is 0 Å². The Hall–Kier alpha value is -1.10. The van der Waals surface area contributed by atoms with Crippen molar-refractivity contribution in [2.24, 2.45) is 57.2 Å². The van der Waals surface area contributed by atoms with Crippen molar-refractivity contribution >= 4 is 11.9 Å². The zero-order chi connectivity index (χ0) is 27.3. The lowest BCUT2D eigenvalue weighted by atomic mass is 9.46. The van der Waals surface area contributed by atoms with Crippen molar-refractivity contribution in [3.63, 3.8) is 0 Å². The molecule has 1 saturated heterocycles. The highest BCUT2D eigenvalue weighted by molar-refractivity contribution is 5.86. The monoisotopic (exact) mass is 527 g/mol. The third-order valence-corrected chi connectivity index (χ3v) is 14.1. The molecule has 1 aliphatic heterocycles. The number of aliphatic hydroxyl groups excluding tert-OH is 1. The van der Waals surface area contributed by atoms with Gasteiger partial charge in [0.15, 0.2) is 0 Å². The highest BCUT2D eigenvalue weighted by Crippen LogP contribution is 2.89. The number of hydrogen-bond acceptors (Lipinski definition) is 4. The fourth-order valence-electron chi connectivity index (χ4n) is 11.9. The number of ketones is 1. The predicted octanol–water partition coefficient (Wildman–Crippen LogP) is 6.86. The van der Waals surface area contributed by atoms with E-state index in [1.54, 1.807) is 0 Å². The number of carbonyl (C=O) groups excluding carboxylic acids is 2. The third kappa shape index (κ3) is 3.44. The van der Waals surface area contributed by atoms with Crippen LogP contribution in [0, 0.1) is 57.2 Å². The van der Waals surface area contributed by atoms with E-state index < -0.39 is 0 Å². The van der Waals surface area contributed by atoms with Crippen LogP contribution in [0.3, 0.4) is 0 Å². The van der Waals surface area contributed by atoms with Crippen molar-refractivity contribution < 1.29 is 19.4 Å². The van der Waals surface area contributed by atoms with Crippen LogP contribution in [0.5, 0.6) is 0 Å². The van der Waals surface area contributed by atoms with Crippen LogP contribution in [-0.4, -0.2) is 47.2 Å². The van der Waals surface area contributed by atoms with Crippen LogP contribution in [0.4, 0.5) is 4.79 Å². The molecule has 6 rings (SSSR count). The van der Waals surface area contributed by atoms with Gasteiger partial charge in [-0.1, -0.05) is 41.5 Å². The molecule has 5 nitrogen and oxygen atoms in total. The van der Waals surface area contributed by atoms with Crippen molar-refractivity contribution in [1.29, 1.82) is 0 Å². The molecular weight excluding hydrogens is 474 g/mol. The van der Waals surface area contributed by atoms with Gasteiger partial charge in [0.1, 0.15) is 11.9 Å². The van der Waals surface area contributed by atoms with Crippen molar-refractivity contribution in [2.45, 2.75) is 124 Å². The van der Waals surface area contributed by atoms with E-state index in [4.69, 9.17) is 4.74 Å². The van der Waals surface area contributed by atoms with Gasteiger partial charge in [0, 0.05) is 24.9 Å². The molecular formula is C33H53NO4. The minimum atomic E-state index is -0.214. The summed E-state index contributed by atoms with van der Waals surface area (Å²) in [5.41, 5.74) is 0.793. The van der Waals surface area contributed by atoms with E-state index in [-0.39, 0.29) is 29.1 Å². The summed E-state index contributed by atoms with van der Waals surface area (Å²) in [6.07, 6.45) is 11.4. The van der Waals surface area contributed by atoms with E-state index in [0.29, 0.717) is 52.1 Å². The Balaban J connectivity index is 1.15. The van der Waals surface area contributed by atoms with Crippen LogP contribution in [0.25, 0.3) is 0 Å². The highest BCUT2D eigenvalue weighted by Gasteiger charge is 2.84. The fraction of sp³-hybridized carbons (Fsp3) is 0.939. The summed E-state index contributed by atoms with van der Waals surface area (Å²) in [6.45, 7) is 15.5. The van der Waals surface area contributed by atoms with Gasteiger partial charge in [-0.3, -0.25) is 4.79 Å². The molecule has 3 unspecified atom stereocenters. The van der Waals surface area contributed by atoms with Gasteiger partial charge in [-0.2, -0.15) is 0 Å². The molecule has 10 atom stereocenters. The second-order valence-corrected chi connectivity index (χ2v) is 15.6. The number of nitrogens with zero attached hydrogens (tertiary/aromatic N) is 1. The van der Waals surface area contributed by atoms with Gasteiger partial charge in [0.2, 0.25) is 0 Å². The number of fused-ring (bicyclic) bond motifs is 2. The first-order valence-corrected chi connectivity index (χ1v) is 16.1. The van der Waals surface area contributed by atoms with Crippen LogP contribution >= 0.6 is 0 Å². The molecule has 2 spiro atoms. The minimum Gasteiger partial charge on any atom is -0.446 e.